The molecule has 0 atom stereocenters. The van der Waals surface area contributed by atoms with E-state index in [-0.39, 0.29) is 13.2 Å². The summed E-state index contributed by atoms with van der Waals surface area (Å²) in [4.78, 5) is 24.8. The van der Waals surface area contributed by atoms with Crippen LogP contribution in [0.3, 0.4) is 0 Å². The molecule has 0 fully saturated rings. The number of esters is 2. The van der Waals surface area contributed by atoms with Crippen LogP contribution >= 0.6 is 15.9 Å². The lowest BCUT2D eigenvalue weighted by molar-refractivity contribution is -0.158. The number of allylic oxidation sites excluding steroid dienone is 4. The molecule has 0 amide bonds. The van der Waals surface area contributed by atoms with Gasteiger partial charge in [-0.15, -0.1) is 0 Å². The standard InChI is InChI=1S/C13H17BrO4/c1-3-17-12(15)11(13(16)18-4-2)9-7-5-6-8-10-14/h5-11H,3-4H2,1-2H3/b6-5+,9-7+,10-8-. The van der Waals surface area contributed by atoms with Crippen LogP contribution in [0, 0.1) is 5.92 Å². The number of hydrogen-bond donors (Lipinski definition) is 0. The highest BCUT2D eigenvalue weighted by molar-refractivity contribution is 9.11. The summed E-state index contributed by atoms with van der Waals surface area (Å²) in [5.41, 5.74) is 0. The van der Waals surface area contributed by atoms with Crippen LogP contribution in [0.4, 0.5) is 0 Å². The molecule has 0 aromatic carbocycles. The molecule has 0 rings (SSSR count). The van der Waals surface area contributed by atoms with Crippen molar-refractivity contribution in [2.75, 3.05) is 13.2 Å². The quantitative estimate of drug-likeness (QED) is 0.412. The summed E-state index contributed by atoms with van der Waals surface area (Å²) in [6.07, 6.45) is 8.26. The van der Waals surface area contributed by atoms with Gasteiger partial charge in [0.1, 0.15) is 0 Å². The van der Waals surface area contributed by atoms with E-state index in [0.29, 0.717) is 0 Å². The van der Waals surface area contributed by atoms with Crippen LogP contribution in [0.2, 0.25) is 0 Å². The maximum Gasteiger partial charge on any atom is 0.324 e. The van der Waals surface area contributed by atoms with Gasteiger partial charge < -0.3 is 9.47 Å². The van der Waals surface area contributed by atoms with E-state index in [0.717, 1.165) is 0 Å². The summed E-state index contributed by atoms with van der Waals surface area (Å²) in [6.45, 7) is 3.82. The van der Waals surface area contributed by atoms with Gasteiger partial charge in [0.05, 0.1) is 13.2 Å². The fraction of sp³-hybridized carbons (Fsp3) is 0.385. The van der Waals surface area contributed by atoms with Crippen molar-refractivity contribution in [3.63, 3.8) is 0 Å². The zero-order valence-corrected chi connectivity index (χ0v) is 12.1. The molecule has 0 aliphatic heterocycles. The molecule has 100 valence electrons. The maximum atomic E-state index is 11.6. The molecule has 0 N–H and O–H groups in total. The third kappa shape index (κ3) is 7.06. The Morgan fingerprint density at radius 2 is 1.50 bits per heavy atom. The van der Waals surface area contributed by atoms with E-state index in [9.17, 15) is 9.59 Å². The molecular formula is C13H17BrO4. The summed E-state index contributed by atoms with van der Waals surface area (Å²) < 4.78 is 9.63. The summed E-state index contributed by atoms with van der Waals surface area (Å²) >= 11 is 3.11. The third-order valence-corrected chi connectivity index (χ3v) is 2.10. The monoisotopic (exact) mass is 316 g/mol. The first kappa shape index (κ1) is 16.6. The number of carbonyl (C=O) groups excluding carboxylic acids is 2. The molecule has 0 aromatic heterocycles. The van der Waals surface area contributed by atoms with Crippen LogP contribution in [0.25, 0.3) is 0 Å². The van der Waals surface area contributed by atoms with Gasteiger partial charge in [-0.05, 0) is 18.8 Å². The SMILES string of the molecule is CCOC(=O)C(/C=C/C=C/C=C\Br)C(=O)OCC. The molecule has 0 bridgehead atoms. The van der Waals surface area contributed by atoms with Crippen molar-refractivity contribution in [3.8, 4) is 0 Å². The Hall–Kier alpha value is -1.36. The van der Waals surface area contributed by atoms with Crippen LogP contribution < -0.4 is 0 Å². The van der Waals surface area contributed by atoms with Crippen molar-refractivity contribution in [1.82, 2.24) is 0 Å². The van der Waals surface area contributed by atoms with Crippen LogP contribution in [-0.2, 0) is 19.1 Å². The second-order valence-corrected chi connectivity index (χ2v) is 3.60. The van der Waals surface area contributed by atoms with Gasteiger partial charge in [-0.2, -0.15) is 0 Å². The molecular weight excluding hydrogens is 300 g/mol. The van der Waals surface area contributed by atoms with E-state index in [2.05, 4.69) is 15.9 Å². The van der Waals surface area contributed by atoms with Gasteiger partial charge >= 0.3 is 11.9 Å². The smallest absolute Gasteiger partial charge is 0.324 e. The third-order valence-electron chi connectivity index (χ3n) is 1.79. The number of halogens is 1. The largest absolute Gasteiger partial charge is 0.465 e. The van der Waals surface area contributed by atoms with Crippen LogP contribution in [-0.4, -0.2) is 25.2 Å². The van der Waals surface area contributed by atoms with Gasteiger partial charge in [0.15, 0.2) is 5.92 Å². The summed E-state index contributed by atoms with van der Waals surface area (Å²) in [7, 11) is 0. The topological polar surface area (TPSA) is 52.6 Å². The lowest BCUT2D eigenvalue weighted by Gasteiger charge is -2.10. The molecule has 0 aliphatic rings. The first-order valence-corrected chi connectivity index (χ1v) is 6.52. The molecule has 0 spiro atoms. The highest BCUT2D eigenvalue weighted by atomic mass is 79.9. The molecule has 0 aromatic rings. The van der Waals surface area contributed by atoms with Gasteiger partial charge in [0.2, 0.25) is 0 Å². The number of rotatable bonds is 7. The van der Waals surface area contributed by atoms with Gasteiger partial charge in [-0.1, -0.05) is 46.3 Å². The van der Waals surface area contributed by atoms with Crippen molar-refractivity contribution in [1.29, 1.82) is 0 Å². The van der Waals surface area contributed by atoms with Gasteiger partial charge in [-0.25, -0.2) is 0 Å². The van der Waals surface area contributed by atoms with Crippen LogP contribution in [0.15, 0.2) is 35.4 Å². The van der Waals surface area contributed by atoms with E-state index in [4.69, 9.17) is 9.47 Å². The summed E-state index contributed by atoms with van der Waals surface area (Å²) in [6, 6.07) is 0. The van der Waals surface area contributed by atoms with E-state index >= 15 is 0 Å². The fourth-order valence-electron chi connectivity index (χ4n) is 1.06. The molecule has 4 nitrogen and oxygen atoms in total. The molecule has 0 heterocycles. The Labute approximate surface area is 115 Å². The number of hydrogen-bond acceptors (Lipinski definition) is 4. The van der Waals surface area contributed by atoms with Gasteiger partial charge in [-0.3, -0.25) is 9.59 Å². The second kappa shape index (κ2) is 10.8. The summed E-state index contributed by atoms with van der Waals surface area (Å²) in [5.74, 6) is -2.21. The highest BCUT2D eigenvalue weighted by Gasteiger charge is 2.26. The number of carbonyl (C=O) groups is 2. The highest BCUT2D eigenvalue weighted by Crippen LogP contribution is 2.06. The fourth-order valence-corrected chi connectivity index (χ4v) is 1.24. The summed E-state index contributed by atoms with van der Waals surface area (Å²) in [5, 5.41) is 0. The Bertz CT molecular complexity index is 327. The first-order valence-electron chi connectivity index (χ1n) is 5.60. The van der Waals surface area contributed by atoms with Crippen molar-refractivity contribution < 1.29 is 19.1 Å². The minimum absolute atomic E-state index is 0.227. The predicted octanol–water partition coefficient (Wildman–Crippen LogP) is 2.75. The molecule has 5 heteroatoms. The van der Waals surface area contributed by atoms with Crippen molar-refractivity contribution in [2.24, 2.45) is 5.92 Å². The van der Waals surface area contributed by atoms with Gasteiger partial charge in [0.25, 0.3) is 0 Å². The Balaban J connectivity index is 4.65. The van der Waals surface area contributed by atoms with Crippen molar-refractivity contribution in [2.45, 2.75) is 13.8 Å². The Morgan fingerprint density at radius 1 is 1.00 bits per heavy atom. The molecule has 18 heavy (non-hydrogen) atoms. The zero-order valence-electron chi connectivity index (χ0n) is 10.5. The average Bonchev–Trinajstić information content (AvgIpc) is 2.34. The van der Waals surface area contributed by atoms with E-state index < -0.39 is 17.9 Å². The lowest BCUT2D eigenvalue weighted by Crippen LogP contribution is -2.26. The Kier molecular flexibility index (Phi) is 9.96. The molecule has 0 saturated carbocycles. The minimum Gasteiger partial charge on any atom is -0.465 e. The molecule has 0 saturated heterocycles. The van der Waals surface area contributed by atoms with Crippen molar-refractivity contribution in [3.05, 3.63) is 35.4 Å². The lowest BCUT2D eigenvalue weighted by atomic mass is 10.1. The minimum atomic E-state index is -1.01. The van der Waals surface area contributed by atoms with E-state index in [1.165, 1.54) is 6.08 Å². The number of ether oxygens (including phenoxy) is 2. The normalized spacial score (nSPS) is 11.8. The second-order valence-electron chi connectivity index (χ2n) is 3.07. The van der Waals surface area contributed by atoms with E-state index in [1.807, 2.05) is 0 Å². The maximum absolute atomic E-state index is 11.6. The average molecular weight is 317 g/mol. The van der Waals surface area contributed by atoms with Crippen LogP contribution in [0.1, 0.15) is 13.8 Å². The zero-order chi connectivity index (χ0) is 13.8. The van der Waals surface area contributed by atoms with Crippen molar-refractivity contribution >= 4 is 27.9 Å². The predicted molar refractivity (Wildman–Crippen MR) is 73.1 cm³/mol. The van der Waals surface area contributed by atoms with Gasteiger partial charge in [0, 0.05) is 0 Å². The Morgan fingerprint density at radius 3 is 1.94 bits per heavy atom. The molecule has 0 radical (unpaired) electrons. The first-order chi connectivity index (χ1) is 8.67. The van der Waals surface area contributed by atoms with Crippen LogP contribution in [0.5, 0.6) is 0 Å². The molecule has 0 unspecified atom stereocenters. The van der Waals surface area contributed by atoms with E-state index in [1.54, 1.807) is 43.1 Å². The molecule has 0 aliphatic carbocycles.